The van der Waals surface area contributed by atoms with Gasteiger partial charge in [0.1, 0.15) is 6.10 Å². The van der Waals surface area contributed by atoms with Gasteiger partial charge in [-0.1, -0.05) is 36.4 Å². The van der Waals surface area contributed by atoms with Crippen LogP contribution in [-0.4, -0.2) is 35.7 Å². The number of carbonyl (C=O) groups excluding carboxylic acids is 1. The maximum atomic E-state index is 12.4. The number of likely N-dealkylation sites (N-methyl/N-ethyl adjacent to an activating group) is 1. The van der Waals surface area contributed by atoms with Crippen LogP contribution in [0.3, 0.4) is 0 Å². The number of nitrogens with one attached hydrogen (secondary N) is 1. The van der Waals surface area contributed by atoms with E-state index in [1.807, 2.05) is 30.3 Å². The van der Waals surface area contributed by atoms with Gasteiger partial charge in [-0.15, -0.1) is 0 Å². The lowest BCUT2D eigenvalue weighted by Gasteiger charge is -2.18. The molecule has 0 saturated heterocycles. The standard InChI is InChI=1S/C17H17NO3/c1-18-9-15(19)16(20)10-6-7-12-11-4-2-3-5-13(11)17(21)14(12)8-10/h2-8,15-16,18-20H,9H2,1H3. The van der Waals surface area contributed by atoms with Crippen molar-refractivity contribution in [2.75, 3.05) is 13.6 Å². The number of fused-ring (bicyclic) bond motifs is 3. The predicted octanol–water partition coefficient (Wildman–Crippen LogP) is 1.51. The Morgan fingerprint density at radius 3 is 2.38 bits per heavy atom. The first-order valence-electron chi connectivity index (χ1n) is 6.92. The lowest BCUT2D eigenvalue weighted by Crippen LogP contribution is -2.29. The zero-order valence-corrected chi connectivity index (χ0v) is 11.7. The van der Waals surface area contributed by atoms with Crippen LogP contribution < -0.4 is 5.32 Å². The Morgan fingerprint density at radius 1 is 1.00 bits per heavy atom. The molecule has 0 fully saturated rings. The first-order chi connectivity index (χ1) is 10.1. The number of carbonyl (C=O) groups is 1. The first-order valence-corrected chi connectivity index (χ1v) is 6.92. The van der Waals surface area contributed by atoms with Gasteiger partial charge in [0, 0.05) is 17.7 Å². The normalized spacial score (nSPS) is 15.5. The zero-order valence-electron chi connectivity index (χ0n) is 11.7. The lowest BCUT2D eigenvalue weighted by molar-refractivity contribution is 0.0202. The maximum Gasteiger partial charge on any atom is 0.194 e. The Hall–Kier alpha value is -2.01. The fraction of sp³-hybridized carbons (Fsp3) is 0.235. The fourth-order valence-corrected chi connectivity index (χ4v) is 2.77. The van der Waals surface area contributed by atoms with E-state index in [9.17, 15) is 15.0 Å². The first kappa shape index (κ1) is 13.9. The summed E-state index contributed by atoms with van der Waals surface area (Å²) < 4.78 is 0. The monoisotopic (exact) mass is 283 g/mol. The van der Waals surface area contributed by atoms with Crippen LogP contribution in [0.1, 0.15) is 27.6 Å². The molecule has 2 unspecified atom stereocenters. The van der Waals surface area contributed by atoms with Crippen LogP contribution >= 0.6 is 0 Å². The molecule has 0 aliphatic heterocycles. The molecule has 1 aliphatic rings. The van der Waals surface area contributed by atoms with E-state index >= 15 is 0 Å². The quantitative estimate of drug-likeness (QED) is 0.679. The molecule has 4 heteroatoms. The van der Waals surface area contributed by atoms with E-state index in [0.717, 1.165) is 11.1 Å². The van der Waals surface area contributed by atoms with E-state index in [-0.39, 0.29) is 12.3 Å². The number of aliphatic hydroxyl groups is 2. The minimum Gasteiger partial charge on any atom is -0.389 e. The molecule has 0 heterocycles. The molecular weight excluding hydrogens is 266 g/mol. The van der Waals surface area contributed by atoms with Crippen molar-refractivity contribution in [3.8, 4) is 11.1 Å². The molecule has 3 N–H and O–H groups in total. The van der Waals surface area contributed by atoms with Gasteiger partial charge in [0.15, 0.2) is 5.78 Å². The van der Waals surface area contributed by atoms with Crippen molar-refractivity contribution in [1.29, 1.82) is 0 Å². The van der Waals surface area contributed by atoms with Crippen LogP contribution in [-0.2, 0) is 0 Å². The van der Waals surface area contributed by atoms with Crippen molar-refractivity contribution in [2.24, 2.45) is 0 Å². The van der Waals surface area contributed by atoms with Crippen LogP contribution in [0.2, 0.25) is 0 Å². The zero-order chi connectivity index (χ0) is 15.0. The predicted molar refractivity (Wildman–Crippen MR) is 80.2 cm³/mol. The molecule has 2 aromatic rings. The van der Waals surface area contributed by atoms with Crippen LogP contribution in [0.15, 0.2) is 42.5 Å². The third kappa shape index (κ3) is 2.27. The van der Waals surface area contributed by atoms with E-state index in [0.29, 0.717) is 16.7 Å². The molecule has 108 valence electrons. The van der Waals surface area contributed by atoms with Gasteiger partial charge < -0.3 is 15.5 Å². The molecule has 2 atom stereocenters. The van der Waals surface area contributed by atoms with Crippen molar-refractivity contribution in [3.05, 3.63) is 59.2 Å². The average Bonchev–Trinajstić information content (AvgIpc) is 2.80. The van der Waals surface area contributed by atoms with Gasteiger partial charge in [0.25, 0.3) is 0 Å². The Morgan fingerprint density at radius 2 is 1.67 bits per heavy atom. The SMILES string of the molecule is CNCC(O)C(O)c1ccc2c(c1)C(=O)c1ccccc1-2. The minimum absolute atomic E-state index is 0.0299. The lowest BCUT2D eigenvalue weighted by atomic mass is 9.98. The van der Waals surface area contributed by atoms with Gasteiger partial charge in [-0.3, -0.25) is 4.79 Å². The molecule has 0 spiro atoms. The maximum absolute atomic E-state index is 12.4. The van der Waals surface area contributed by atoms with Gasteiger partial charge in [0.05, 0.1) is 6.10 Å². The van der Waals surface area contributed by atoms with Crippen LogP contribution in [0.5, 0.6) is 0 Å². The van der Waals surface area contributed by atoms with Crippen molar-refractivity contribution < 1.29 is 15.0 Å². The van der Waals surface area contributed by atoms with Crippen LogP contribution in [0, 0.1) is 0 Å². The van der Waals surface area contributed by atoms with Gasteiger partial charge >= 0.3 is 0 Å². The van der Waals surface area contributed by atoms with E-state index < -0.39 is 12.2 Å². The summed E-state index contributed by atoms with van der Waals surface area (Å²) >= 11 is 0. The highest BCUT2D eigenvalue weighted by molar-refractivity contribution is 6.21. The molecule has 0 aromatic heterocycles. The van der Waals surface area contributed by atoms with Crippen molar-refractivity contribution >= 4 is 5.78 Å². The van der Waals surface area contributed by atoms with Gasteiger partial charge in [-0.05, 0) is 29.8 Å². The molecule has 0 radical (unpaired) electrons. The Bertz CT molecular complexity index is 696. The van der Waals surface area contributed by atoms with E-state index in [4.69, 9.17) is 0 Å². The second kappa shape index (κ2) is 5.41. The highest BCUT2D eigenvalue weighted by Crippen LogP contribution is 2.37. The number of ketones is 1. The molecule has 0 bridgehead atoms. The summed E-state index contributed by atoms with van der Waals surface area (Å²) in [4.78, 5) is 12.4. The fourth-order valence-electron chi connectivity index (χ4n) is 2.77. The summed E-state index contributed by atoms with van der Waals surface area (Å²) in [7, 11) is 1.71. The molecule has 1 aliphatic carbocycles. The molecular formula is C17H17NO3. The van der Waals surface area contributed by atoms with E-state index in [2.05, 4.69) is 5.32 Å². The van der Waals surface area contributed by atoms with Gasteiger partial charge in [0.2, 0.25) is 0 Å². The summed E-state index contributed by atoms with van der Waals surface area (Å²) in [5.41, 5.74) is 3.64. The van der Waals surface area contributed by atoms with Crippen LogP contribution in [0.25, 0.3) is 11.1 Å². The Kier molecular flexibility index (Phi) is 3.59. The third-order valence-electron chi connectivity index (χ3n) is 3.87. The van der Waals surface area contributed by atoms with Crippen molar-refractivity contribution in [1.82, 2.24) is 5.32 Å². The van der Waals surface area contributed by atoms with Crippen molar-refractivity contribution in [2.45, 2.75) is 12.2 Å². The highest BCUT2D eigenvalue weighted by atomic mass is 16.3. The smallest absolute Gasteiger partial charge is 0.194 e. The molecule has 0 amide bonds. The van der Waals surface area contributed by atoms with Crippen molar-refractivity contribution in [3.63, 3.8) is 0 Å². The number of hydrogen-bond acceptors (Lipinski definition) is 4. The van der Waals surface area contributed by atoms with Gasteiger partial charge in [-0.2, -0.15) is 0 Å². The summed E-state index contributed by atoms with van der Waals surface area (Å²) in [6.07, 6.45) is -1.92. The Balaban J connectivity index is 1.99. The molecule has 2 aromatic carbocycles. The molecule has 4 nitrogen and oxygen atoms in total. The summed E-state index contributed by atoms with van der Waals surface area (Å²) in [5, 5.41) is 22.8. The summed E-state index contributed by atoms with van der Waals surface area (Å²) in [6, 6.07) is 12.8. The average molecular weight is 283 g/mol. The van der Waals surface area contributed by atoms with E-state index in [1.54, 1.807) is 19.2 Å². The number of benzene rings is 2. The van der Waals surface area contributed by atoms with Gasteiger partial charge in [-0.25, -0.2) is 0 Å². The Labute approximate surface area is 123 Å². The van der Waals surface area contributed by atoms with E-state index in [1.165, 1.54) is 0 Å². The molecule has 3 rings (SSSR count). The molecule has 0 saturated carbocycles. The number of hydrogen-bond donors (Lipinski definition) is 3. The summed E-state index contributed by atoms with van der Waals surface area (Å²) in [5.74, 6) is -0.0299. The highest BCUT2D eigenvalue weighted by Gasteiger charge is 2.28. The van der Waals surface area contributed by atoms with Crippen LogP contribution in [0.4, 0.5) is 0 Å². The second-order valence-electron chi connectivity index (χ2n) is 5.25. The largest absolute Gasteiger partial charge is 0.389 e. The third-order valence-corrected chi connectivity index (χ3v) is 3.87. The molecule has 21 heavy (non-hydrogen) atoms. The topological polar surface area (TPSA) is 69.6 Å². The second-order valence-corrected chi connectivity index (χ2v) is 5.25. The summed E-state index contributed by atoms with van der Waals surface area (Å²) in [6.45, 7) is 0.284. The minimum atomic E-state index is -1.01. The number of rotatable bonds is 4. The number of aliphatic hydroxyl groups excluding tert-OH is 2.